The topological polar surface area (TPSA) is 12.5 Å². The third kappa shape index (κ3) is 1.95. The number of ether oxygens (including phenoxy) is 1. The average molecular weight is 129 g/mol. The van der Waals surface area contributed by atoms with Crippen LogP contribution in [0, 0.1) is 5.92 Å². The molecule has 0 N–H and O–H groups in total. The molecule has 1 heterocycles. The van der Waals surface area contributed by atoms with E-state index in [0.717, 1.165) is 19.4 Å². The van der Waals surface area contributed by atoms with Gasteiger partial charge in [-0.2, -0.15) is 0 Å². The molecule has 0 saturated carbocycles. The molecule has 1 aliphatic heterocycles. The lowest BCUT2D eigenvalue weighted by atomic mass is 10.1. The molecule has 2 heteroatoms. The molecule has 54 valence electrons. The Kier molecular flexibility index (Phi) is 2.49. The highest BCUT2D eigenvalue weighted by atomic mass is 16.5. The first-order valence-corrected chi connectivity index (χ1v) is 3.63. The van der Waals surface area contributed by atoms with Crippen LogP contribution in [0.3, 0.4) is 0 Å². The second-order valence-electron chi connectivity index (χ2n) is 2.83. The Morgan fingerprint density at radius 1 is 1.56 bits per heavy atom. The highest BCUT2D eigenvalue weighted by molar-refractivity contribution is 4.59. The Morgan fingerprint density at radius 2 is 2.22 bits per heavy atom. The zero-order valence-electron chi connectivity index (χ0n) is 6.26. The van der Waals surface area contributed by atoms with Crippen LogP contribution in [-0.4, -0.2) is 24.9 Å². The van der Waals surface area contributed by atoms with Crippen molar-refractivity contribution in [2.45, 2.75) is 20.3 Å². The molecular formula is C7H15NO. The van der Waals surface area contributed by atoms with Gasteiger partial charge in [0.05, 0.1) is 0 Å². The third-order valence-corrected chi connectivity index (χ3v) is 1.81. The van der Waals surface area contributed by atoms with Crippen molar-refractivity contribution in [1.29, 1.82) is 0 Å². The molecule has 0 amide bonds. The highest BCUT2D eigenvalue weighted by Gasteiger charge is 2.15. The molecule has 0 radical (unpaired) electrons. The molecular weight excluding hydrogens is 114 g/mol. The van der Waals surface area contributed by atoms with Crippen LogP contribution in [0.1, 0.15) is 20.3 Å². The van der Waals surface area contributed by atoms with Crippen LogP contribution in [0.2, 0.25) is 0 Å². The smallest absolute Gasteiger partial charge is 0.103 e. The molecule has 1 saturated heterocycles. The van der Waals surface area contributed by atoms with Crippen molar-refractivity contribution in [3.63, 3.8) is 0 Å². The number of nitrogens with zero attached hydrogens (tertiary/aromatic N) is 1. The van der Waals surface area contributed by atoms with Crippen LogP contribution in [0.4, 0.5) is 0 Å². The van der Waals surface area contributed by atoms with Gasteiger partial charge in [-0.25, -0.2) is 0 Å². The van der Waals surface area contributed by atoms with Crippen LogP contribution in [-0.2, 0) is 4.74 Å². The fourth-order valence-electron chi connectivity index (χ4n) is 0.896. The van der Waals surface area contributed by atoms with Gasteiger partial charge in [0.2, 0.25) is 0 Å². The van der Waals surface area contributed by atoms with Crippen molar-refractivity contribution in [2.24, 2.45) is 5.92 Å². The Hall–Kier alpha value is -0.0800. The third-order valence-electron chi connectivity index (χ3n) is 1.81. The van der Waals surface area contributed by atoms with Crippen molar-refractivity contribution in [2.75, 3.05) is 20.0 Å². The predicted octanol–water partition coefficient (Wildman–Crippen LogP) is 1.28. The van der Waals surface area contributed by atoms with Crippen LogP contribution >= 0.6 is 0 Å². The summed E-state index contributed by atoms with van der Waals surface area (Å²) in [4.78, 5) is 2.31. The highest BCUT2D eigenvalue weighted by Crippen LogP contribution is 2.08. The SMILES string of the molecule is CC[C@@H](C)CN1COC1. The first-order valence-electron chi connectivity index (χ1n) is 3.63. The molecule has 2 nitrogen and oxygen atoms in total. The van der Waals surface area contributed by atoms with Gasteiger partial charge in [-0.1, -0.05) is 20.3 Å². The van der Waals surface area contributed by atoms with E-state index < -0.39 is 0 Å². The second-order valence-corrected chi connectivity index (χ2v) is 2.83. The van der Waals surface area contributed by atoms with E-state index in [1.807, 2.05) is 0 Å². The molecule has 0 bridgehead atoms. The predicted molar refractivity (Wildman–Crippen MR) is 37.0 cm³/mol. The maximum atomic E-state index is 5.01. The van der Waals surface area contributed by atoms with Crippen molar-refractivity contribution < 1.29 is 4.74 Å². The summed E-state index contributed by atoms with van der Waals surface area (Å²) < 4.78 is 5.01. The maximum Gasteiger partial charge on any atom is 0.103 e. The Bertz CT molecular complexity index is 78.2. The minimum atomic E-state index is 0.828. The van der Waals surface area contributed by atoms with Crippen molar-refractivity contribution in [3.05, 3.63) is 0 Å². The minimum absolute atomic E-state index is 0.828. The normalized spacial score (nSPS) is 23.3. The van der Waals surface area contributed by atoms with Gasteiger partial charge in [-0.15, -0.1) is 0 Å². The van der Waals surface area contributed by atoms with Gasteiger partial charge in [-0.05, 0) is 5.92 Å². The molecule has 0 aromatic carbocycles. The van der Waals surface area contributed by atoms with Gasteiger partial charge >= 0.3 is 0 Å². The lowest BCUT2D eigenvalue weighted by molar-refractivity contribution is -0.148. The summed E-state index contributed by atoms with van der Waals surface area (Å²) in [6.07, 6.45) is 1.27. The molecule has 9 heavy (non-hydrogen) atoms. The van der Waals surface area contributed by atoms with Crippen LogP contribution < -0.4 is 0 Å². The van der Waals surface area contributed by atoms with Crippen molar-refractivity contribution in [1.82, 2.24) is 4.90 Å². The number of hydrogen-bond acceptors (Lipinski definition) is 2. The van der Waals surface area contributed by atoms with Crippen LogP contribution in [0.25, 0.3) is 0 Å². The fraction of sp³-hybridized carbons (Fsp3) is 1.00. The molecule has 1 atom stereocenters. The van der Waals surface area contributed by atoms with Crippen LogP contribution in [0.5, 0.6) is 0 Å². The lowest BCUT2D eigenvalue weighted by Gasteiger charge is -2.32. The number of hydrogen-bond donors (Lipinski definition) is 0. The maximum absolute atomic E-state index is 5.01. The van der Waals surface area contributed by atoms with E-state index in [0.29, 0.717) is 0 Å². The monoisotopic (exact) mass is 129 g/mol. The lowest BCUT2D eigenvalue weighted by Crippen LogP contribution is -2.42. The van der Waals surface area contributed by atoms with E-state index in [1.54, 1.807) is 0 Å². The second kappa shape index (κ2) is 3.18. The summed E-state index contributed by atoms with van der Waals surface area (Å²) in [6.45, 7) is 7.41. The van der Waals surface area contributed by atoms with Gasteiger partial charge in [-0.3, -0.25) is 4.90 Å². The molecule has 0 spiro atoms. The first kappa shape index (κ1) is 7.03. The van der Waals surface area contributed by atoms with E-state index in [2.05, 4.69) is 18.7 Å². The molecule has 1 rings (SSSR count). The molecule has 1 fully saturated rings. The standard InChI is InChI=1S/C7H15NO/c1-3-7(2)4-8-5-9-6-8/h7H,3-6H2,1-2H3/t7-/m1/s1. The van der Waals surface area contributed by atoms with Gasteiger partial charge in [0, 0.05) is 6.54 Å². The summed E-state index contributed by atoms with van der Waals surface area (Å²) in [5, 5.41) is 0. The van der Waals surface area contributed by atoms with E-state index >= 15 is 0 Å². The van der Waals surface area contributed by atoms with Gasteiger partial charge in [0.1, 0.15) is 13.5 Å². The summed E-state index contributed by atoms with van der Waals surface area (Å²) in [5.41, 5.74) is 0. The van der Waals surface area contributed by atoms with Crippen LogP contribution in [0.15, 0.2) is 0 Å². The van der Waals surface area contributed by atoms with E-state index in [4.69, 9.17) is 4.74 Å². The molecule has 0 aromatic heterocycles. The number of rotatable bonds is 3. The Labute approximate surface area is 56.8 Å². The molecule has 0 unspecified atom stereocenters. The summed E-state index contributed by atoms with van der Waals surface area (Å²) in [6, 6.07) is 0. The Morgan fingerprint density at radius 3 is 2.56 bits per heavy atom. The van der Waals surface area contributed by atoms with Crippen molar-refractivity contribution >= 4 is 0 Å². The Balaban J connectivity index is 2.01. The fourth-order valence-corrected chi connectivity index (χ4v) is 0.896. The largest absolute Gasteiger partial charge is 0.351 e. The van der Waals surface area contributed by atoms with Gasteiger partial charge < -0.3 is 4.74 Å². The summed E-state index contributed by atoms with van der Waals surface area (Å²) in [5.74, 6) is 0.828. The summed E-state index contributed by atoms with van der Waals surface area (Å²) in [7, 11) is 0. The molecule has 1 aliphatic rings. The van der Waals surface area contributed by atoms with E-state index in [9.17, 15) is 0 Å². The molecule has 0 aliphatic carbocycles. The van der Waals surface area contributed by atoms with Gasteiger partial charge in [0.15, 0.2) is 0 Å². The zero-order valence-corrected chi connectivity index (χ0v) is 6.26. The van der Waals surface area contributed by atoms with Crippen molar-refractivity contribution in [3.8, 4) is 0 Å². The minimum Gasteiger partial charge on any atom is -0.351 e. The van der Waals surface area contributed by atoms with Gasteiger partial charge in [0.25, 0.3) is 0 Å². The average Bonchev–Trinajstić information content (AvgIpc) is 1.78. The van der Waals surface area contributed by atoms with E-state index in [1.165, 1.54) is 13.0 Å². The zero-order chi connectivity index (χ0) is 6.69. The quantitative estimate of drug-likeness (QED) is 0.569. The molecule has 0 aromatic rings. The first-order chi connectivity index (χ1) is 4.33. The summed E-state index contributed by atoms with van der Waals surface area (Å²) >= 11 is 0. The van der Waals surface area contributed by atoms with E-state index in [-0.39, 0.29) is 0 Å².